The number of hydrogen-bond donors (Lipinski definition) is 2. The van der Waals surface area contributed by atoms with Crippen LogP contribution in [-0.2, 0) is 9.59 Å². The summed E-state index contributed by atoms with van der Waals surface area (Å²) in [6.07, 6.45) is 2.01. The Balaban J connectivity index is 2.04. The lowest BCUT2D eigenvalue weighted by molar-refractivity contribution is -0.142. The Morgan fingerprint density at radius 3 is 2.35 bits per heavy atom. The first kappa shape index (κ1) is 12.4. The van der Waals surface area contributed by atoms with Crippen molar-refractivity contribution in [2.75, 3.05) is 13.1 Å². The maximum atomic E-state index is 12.3. The second-order valence-electron chi connectivity index (χ2n) is 5.69. The first-order chi connectivity index (χ1) is 7.84. The van der Waals surface area contributed by atoms with Crippen LogP contribution in [0.15, 0.2) is 0 Å². The number of likely N-dealkylation sites (tertiary alicyclic amines) is 1. The van der Waals surface area contributed by atoms with Crippen molar-refractivity contribution in [2.24, 2.45) is 23.5 Å². The minimum atomic E-state index is -0.821. The molecule has 1 saturated carbocycles. The summed E-state index contributed by atoms with van der Waals surface area (Å²) in [7, 11) is 0. The molecule has 5 nitrogen and oxygen atoms in total. The van der Waals surface area contributed by atoms with E-state index >= 15 is 0 Å². The molecule has 0 spiro atoms. The SMILES string of the molecule is CC1CN(C(=O)C(C)(N)C2CC2)CC1C(=O)O. The summed E-state index contributed by atoms with van der Waals surface area (Å²) in [5, 5.41) is 9.04. The summed E-state index contributed by atoms with van der Waals surface area (Å²) >= 11 is 0. The lowest BCUT2D eigenvalue weighted by Crippen LogP contribution is -2.54. The van der Waals surface area contributed by atoms with Gasteiger partial charge in [-0.15, -0.1) is 0 Å². The van der Waals surface area contributed by atoms with Crippen molar-refractivity contribution in [3.63, 3.8) is 0 Å². The average molecular weight is 240 g/mol. The highest BCUT2D eigenvalue weighted by Crippen LogP contribution is 2.39. The molecule has 2 aliphatic rings. The molecule has 3 unspecified atom stereocenters. The van der Waals surface area contributed by atoms with E-state index in [-0.39, 0.29) is 17.7 Å². The first-order valence-electron chi connectivity index (χ1n) is 6.15. The van der Waals surface area contributed by atoms with Crippen molar-refractivity contribution >= 4 is 11.9 Å². The fraction of sp³-hybridized carbons (Fsp3) is 0.833. The molecule has 17 heavy (non-hydrogen) atoms. The Bertz CT molecular complexity index is 350. The van der Waals surface area contributed by atoms with Gasteiger partial charge in [0, 0.05) is 13.1 Å². The van der Waals surface area contributed by atoms with Crippen molar-refractivity contribution in [1.29, 1.82) is 0 Å². The Labute approximate surface area is 101 Å². The zero-order valence-corrected chi connectivity index (χ0v) is 10.3. The molecule has 5 heteroatoms. The molecule has 0 aromatic heterocycles. The summed E-state index contributed by atoms with van der Waals surface area (Å²) < 4.78 is 0. The minimum Gasteiger partial charge on any atom is -0.481 e. The first-order valence-corrected chi connectivity index (χ1v) is 6.15. The maximum Gasteiger partial charge on any atom is 0.308 e. The topological polar surface area (TPSA) is 83.6 Å². The Morgan fingerprint density at radius 1 is 1.35 bits per heavy atom. The van der Waals surface area contributed by atoms with Crippen LogP contribution in [0.5, 0.6) is 0 Å². The third-order valence-corrected chi connectivity index (χ3v) is 4.10. The number of amides is 1. The summed E-state index contributed by atoms with van der Waals surface area (Å²) in [6.45, 7) is 4.45. The van der Waals surface area contributed by atoms with Gasteiger partial charge in [-0.3, -0.25) is 9.59 Å². The number of carboxylic acids is 1. The van der Waals surface area contributed by atoms with Crippen LogP contribution in [0.4, 0.5) is 0 Å². The number of carbonyl (C=O) groups excluding carboxylic acids is 1. The number of nitrogens with zero attached hydrogens (tertiary/aromatic N) is 1. The van der Waals surface area contributed by atoms with E-state index in [9.17, 15) is 9.59 Å². The van der Waals surface area contributed by atoms with Crippen LogP contribution in [0.25, 0.3) is 0 Å². The van der Waals surface area contributed by atoms with Crippen molar-refractivity contribution in [3.8, 4) is 0 Å². The highest BCUT2D eigenvalue weighted by Gasteiger charge is 2.48. The third-order valence-electron chi connectivity index (χ3n) is 4.10. The van der Waals surface area contributed by atoms with Crippen LogP contribution in [-0.4, -0.2) is 40.5 Å². The number of aliphatic carboxylic acids is 1. The summed E-state index contributed by atoms with van der Waals surface area (Å²) in [6, 6.07) is 0. The molecular formula is C12H20N2O3. The van der Waals surface area contributed by atoms with Crippen LogP contribution >= 0.6 is 0 Å². The number of carboxylic acid groups (broad SMARTS) is 1. The number of hydrogen-bond acceptors (Lipinski definition) is 3. The molecular weight excluding hydrogens is 220 g/mol. The second kappa shape index (κ2) is 3.98. The smallest absolute Gasteiger partial charge is 0.308 e. The lowest BCUT2D eigenvalue weighted by Gasteiger charge is -2.29. The molecule has 2 fully saturated rings. The molecule has 1 heterocycles. The van der Waals surface area contributed by atoms with Gasteiger partial charge in [-0.1, -0.05) is 6.92 Å². The molecule has 96 valence electrons. The Kier molecular flexibility index (Phi) is 2.89. The zero-order chi connectivity index (χ0) is 12.8. The number of carbonyl (C=O) groups is 2. The van der Waals surface area contributed by atoms with Crippen LogP contribution in [0.2, 0.25) is 0 Å². The van der Waals surface area contributed by atoms with Gasteiger partial charge in [0.15, 0.2) is 0 Å². The predicted octanol–water partition coefficient (Wildman–Crippen LogP) is 0.293. The molecule has 2 rings (SSSR count). The Morgan fingerprint density at radius 2 is 1.94 bits per heavy atom. The normalized spacial score (nSPS) is 32.3. The second-order valence-corrected chi connectivity index (χ2v) is 5.69. The van der Waals surface area contributed by atoms with Gasteiger partial charge in [0.05, 0.1) is 11.5 Å². The van der Waals surface area contributed by atoms with E-state index in [1.165, 1.54) is 0 Å². The van der Waals surface area contributed by atoms with Gasteiger partial charge in [0.2, 0.25) is 5.91 Å². The van der Waals surface area contributed by atoms with E-state index in [4.69, 9.17) is 10.8 Å². The number of rotatable bonds is 3. The molecule has 1 saturated heterocycles. The fourth-order valence-corrected chi connectivity index (χ4v) is 2.65. The highest BCUT2D eigenvalue weighted by atomic mass is 16.4. The van der Waals surface area contributed by atoms with Gasteiger partial charge in [-0.05, 0) is 31.6 Å². The zero-order valence-electron chi connectivity index (χ0n) is 10.3. The van der Waals surface area contributed by atoms with Gasteiger partial charge < -0.3 is 15.7 Å². The van der Waals surface area contributed by atoms with Crippen molar-refractivity contribution in [3.05, 3.63) is 0 Å². The van der Waals surface area contributed by atoms with Crippen molar-refractivity contribution < 1.29 is 14.7 Å². The van der Waals surface area contributed by atoms with E-state index in [1.807, 2.05) is 6.92 Å². The fourth-order valence-electron chi connectivity index (χ4n) is 2.65. The van der Waals surface area contributed by atoms with Gasteiger partial charge >= 0.3 is 5.97 Å². The molecule has 1 aliphatic heterocycles. The monoisotopic (exact) mass is 240 g/mol. The van der Waals surface area contributed by atoms with Crippen LogP contribution in [0.1, 0.15) is 26.7 Å². The largest absolute Gasteiger partial charge is 0.481 e. The predicted molar refractivity (Wildman–Crippen MR) is 62.2 cm³/mol. The third kappa shape index (κ3) is 2.16. The van der Waals surface area contributed by atoms with Crippen LogP contribution < -0.4 is 5.73 Å². The van der Waals surface area contributed by atoms with Crippen molar-refractivity contribution in [1.82, 2.24) is 4.90 Å². The van der Waals surface area contributed by atoms with E-state index in [0.717, 1.165) is 12.8 Å². The lowest BCUT2D eigenvalue weighted by atomic mass is 9.95. The summed E-state index contributed by atoms with van der Waals surface area (Å²) in [4.78, 5) is 24.9. The van der Waals surface area contributed by atoms with Crippen molar-refractivity contribution in [2.45, 2.75) is 32.2 Å². The average Bonchev–Trinajstić information content (AvgIpc) is 3.01. The molecule has 1 aliphatic carbocycles. The van der Waals surface area contributed by atoms with Gasteiger partial charge in [-0.2, -0.15) is 0 Å². The molecule has 0 aromatic rings. The summed E-state index contributed by atoms with van der Waals surface area (Å²) in [5.74, 6) is -1.08. The van der Waals surface area contributed by atoms with Crippen LogP contribution in [0.3, 0.4) is 0 Å². The molecule has 0 radical (unpaired) electrons. The quantitative estimate of drug-likeness (QED) is 0.742. The molecule has 3 N–H and O–H groups in total. The number of nitrogens with two attached hydrogens (primary N) is 1. The van der Waals surface area contributed by atoms with E-state index < -0.39 is 17.4 Å². The highest BCUT2D eigenvalue weighted by molar-refractivity contribution is 5.87. The van der Waals surface area contributed by atoms with E-state index in [2.05, 4.69) is 0 Å². The molecule has 0 aromatic carbocycles. The molecule has 0 bridgehead atoms. The standard InChI is InChI=1S/C12H20N2O3/c1-7-5-14(6-9(7)10(15)16)11(17)12(2,13)8-3-4-8/h7-9H,3-6,13H2,1-2H3,(H,15,16). The molecule has 3 atom stereocenters. The van der Waals surface area contributed by atoms with E-state index in [1.54, 1.807) is 11.8 Å². The Hall–Kier alpha value is -1.10. The van der Waals surface area contributed by atoms with Gasteiger partial charge in [0.1, 0.15) is 0 Å². The maximum absolute atomic E-state index is 12.3. The van der Waals surface area contributed by atoms with E-state index in [0.29, 0.717) is 13.1 Å². The van der Waals surface area contributed by atoms with Gasteiger partial charge in [-0.25, -0.2) is 0 Å². The van der Waals surface area contributed by atoms with Gasteiger partial charge in [0.25, 0.3) is 0 Å². The molecule has 1 amide bonds. The minimum absolute atomic E-state index is 0.00598. The summed E-state index contributed by atoms with van der Waals surface area (Å²) in [5.41, 5.74) is 5.26. The van der Waals surface area contributed by atoms with Crippen LogP contribution in [0, 0.1) is 17.8 Å².